The fourth-order valence-electron chi connectivity index (χ4n) is 4.16. The van der Waals surface area contributed by atoms with Crippen molar-refractivity contribution in [2.45, 2.75) is 34.2 Å². The summed E-state index contributed by atoms with van der Waals surface area (Å²) in [5.74, 6) is 0.996. The highest BCUT2D eigenvalue weighted by atomic mass is 35.6. The minimum Gasteiger partial charge on any atom is -0.344 e. The lowest BCUT2D eigenvalue weighted by Crippen LogP contribution is -2.51. The zero-order chi connectivity index (χ0) is 22.3. The molecule has 31 heavy (non-hydrogen) atoms. The first-order valence-electron chi connectivity index (χ1n) is 9.86. The van der Waals surface area contributed by atoms with Crippen LogP contribution in [0.1, 0.15) is 37.1 Å². The molecule has 1 aliphatic carbocycles. The number of benzene rings is 1. The Bertz CT molecular complexity index is 1040. The summed E-state index contributed by atoms with van der Waals surface area (Å²) in [5.41, 5.74) is 0.732. The van der Waals surface area contributed by atoms with E-state index < -0.39 is 13.1 Å². The van der Waals surface area contributed by atoms with Gasteiger partial charge in [0.1, 0.15) is 5.78 Å². The Morgan fingerprint density at radius 3 is 2.19 bits per heavy atom. The lowest BCUT2D eigenvalue weighted by molar-refractivity contribution is -0.121. The summed E-state index contributed by atoms with van der Waals surface area (Å²) < 4.78 is 28.2. The number of piperazine rings is 1. The van der Waals surface area contributed by atoms with E-state index in [1.54, 1.807) is 0 Å². The number of hydrogen-bond acceptors (Lipinski definition) is 7. The first-order chi connectivity index (χ1) is 14.6. The Balaban J connectivity index is 1.55. The molecule has 2 aromatic rings. The molecule has 0 radical (unpaired) electrons. The lowest BCUT2D eigenvalue weighted by Gasteiger charge is -2.36. The van der Waals surface area contributed by atoms with Gasteiger partial charge in [-0.25, -0.2) is 13.4 Å². The molecule has 1 aliphatic heterocycles. The van der Waals surface area contributed by atoms with Crippen molar-refractivity contribution in [2.24, 2.45) is 0 Å². The number of hydrogen-bond donors (Lipinski definition) is 0. The first-order valence-corrected chi connectivity index (χ1v) is 13.2. The van der Waals surface area contributed by atoms with Crippen molar-refractivity contribution in [1.82, 2.24) is 13.7 Å². The highest BCUT2D eigenvalue weighted by Gasteiger charge is 2.45. The number of carbonyl (C=O) groups excluding carboxylic acids is 1. The van der Waals surface area contributed by atoms with Crippen LogP contribution in [0.25, 0.3) is 0 Å². The standard InChI is InChI=1S/C19H21Cl3N4O3S2/c20-19(21,22)31(28,29)26-12-10-25(11-13-26)17-23-16(24-30-17)18(8-6-15(27)7-9-18)14-4-2-1-3-5-14/h1-5H,6-13H2. The van der Waals surface area contributed by atoms with Gasteiger partial charge in [-0.15, -0.1) is 0 Å². The molecule has 0 spiro atoms. The fraction of sp³-hybridized carbons (Fsp3) is 0.526. The number of halogens is 3. The molecule has 0 N–H and O–H groups in total. The van der Waals surface area contributed by atoms with Crippen molar-refractivity contribution >= 4 is 67.3 Å². The minimum atomic E-state index is -4.03. The number of rotatable bonds is 4. The number of aromatic nitrogens is 2. The molecule has 168 valence electrons. The van der Waals surface area contributed by atoms with Gasteiger partial charge in [0.25, 0.3) is 10.0 Å². The summed E-state index contributed by atoms with van der Waals surface area (Å²) in [6, 6.07) is 10.1. The van der Waals surface area contributed by atoms with Crippen molar-refractivity contribution in [3.63, 3.8) is 0 Å². The molecule has 2 heterocycles. The van der Waals surface area contributed by atoms with E-state index in [2.05, 4.69) is 16.5 Å². The molecule has 1 aromatic heterocycles. The van der Waals surface area contributed by atoms with Gasteiger partial charge in [-0.3, -0.25) is 4.79 Å². The van der Waals surface area contributed by atoms with E-state index in [9.17, 15) is 13.2 Å². The summed E-state index contributed by atoms with van der Waals surface area (Å²) in [4.78, 5) is 18.8. The van der Waals surface area contributed by atoms with Crippen LogP contribution in [0.4, 0.5) is 5.13 Å². The van der Waals surface area contributed by atoms with Crippen LogP contribution in [0.3, 0.4) is 0 Å². The van der Waals surface area contributed by atoms with Crippen molar-refractivity contribution in [2.75, 3.05) is 31.1 Å². The lowest BCUT2D eigenvalue weighted by atomic mass is 9.68. The molecule has 0 bridgehead atoms. The molecule has 2 aliphatic rings. The third kappa shape index (κ3) is 4.45. The molecule has 1 saturated carbocycles. The molecule has 0 amide bonds. The van der Waals surface area contributed by atoms with Crippen LogP contribution in [0.5, 0.6) is 0 Å². The smallest absolute Gasteiger partial charge is 0.306 e. The zero-order valence-electron chi connectivity index (χ0n) is 16.5. The number of carbonyl (C=O) groups is 1. The number of anilines is 1. The van der Waals surface area contributed by atoms with Gasteiger partial charge >= 0.3 is 3.12 Å². The van der Waals surface area contributed by atoms with Gasteiger partial charge in [0.05, 0.1) is 5.41 Å². The summed E-state index contributed by atoms with van der Waals surface area (Å²) in [6.07, 6.45) is 2.39. The Hall–Kier alpha value is -0.970. The van der Waals surface area contributed by atoms with Crippen molar-refractivity contribution in [3.05, 3.63) is 41.7 Å². The van der Waals surface area contributed by atoms with Crippen LogP contribution in [0.2, 0.25) is 0 Å². The van der Waals surface area contributed by atoms with E-state index in [-0.39, 0.29) is 24.3 Å². The summed E-state index contributed by atoms with van der Waals surface area (Å²) in [5, 5.41) is 0.730. The van der Waals surface area contributed by atoms with E-state index in [4.69, 9.17) is 39.8 Å². The van der Waals surface area contributed by atoms with Crippen LogP contribution >= 0.6 is 46.3 Å². The Kier molecular flexibility index (Phi) is 6.55. The van der Waals surface area contributed by atoms with E-state index >= 15 is 0 Å². The maximum atomic E-state index is 12.3. The van der Waals surface area contributed by atoms with E-state index in [1.807, 2.05) is 23.1 Å². The van der Waals surface area contributed by atoms with Crippen LogP contribution in [-0.4, -0.2) is 57.2 Å². The highest BCUT2D eigenvalue weighted by molar-refractivity contribution is 7.95. The molecular formula is C19H21Cl3N4O3S2. The number of alkyl halides is 3. The van der Waals surface area contributed by atoms with Crippen molar-refractivity contribution in [3.8, 4) is 0 Å². The van der Waals surface area contributed by atoms with Crippen molar-refractivity contribution < 1.29 is 13.2 Å². The molecular weight excluding hydrogens is 503 g/mol. The first kappa shape index (κ1) is 23.2. The largest absolute Gasteiger partial charge is 0.344 e. The van der Waals surface area contributed by atoms with Gasteiger partial charge in [0.15, 0.2) is 5.82 Å². The number of nitrogens with zero attached hydrogens (tertiary/aromatic N) is 4. The van der Waals surface area contributed by atoms with Gasteiger partial charge in [0, 0.05) is 50.6 Å². The van der Waals surface area contributed by atoms with Gasteiger partial charge in [-0.1, -0.05) is 65.1 Å². The second-order valence-electron chi connectivity index (χ2n) is 7.72. The molecule has 0 atom stereocenters. The average molecular weight is 524 g/mol. The molecule has 4 rings (SSSR count). The molecule has 1 saturated heterocycles. The Morgan fingerprint density at radius 1 is 1.00 bits per heavy atom. The molecule has 2 fully saturated rings. The second kappa shape index (κ2) is 8.76. The monoisotopic (exact) mass is 522 g/mol. The third-order valence-corrected chi connectivity index (χ3v) is 10.1. The Labute approximate surface area is 200 Å². The van der Waals surface area contributed by atoms with Crippen LogP contribution in [0.15, 0.2) is 30.3 Å². The summed E-state index contributed by atoms with van der Waals surface area (Å²) in [7, 11) is -4.03. The Morgan fingerprint density at radius 2 is 1.61 bits per heavy atom. The van der Waals surface area contributed by atoms with Crippen LogP contribution < -0.4 is 4.90 Å². The maximum Gasteiger partial charge on any atom is 0.306 e. The molecule has 0 unspecified atom stereocenters. The van der Waals surface area contributed by atoms with E-state index in [0.29, 0.717) is 38.8 Å². The van der Waals surface area contributed by atoms with Crippen molar-refractivity contribution in [1.29, 1.82) is 0 Å². The number of sulfonamides is 1. The zero-order valence-corrected chi connectivity index (χ0v) is 20.4. The average Bonchev–Trinajstić information content (AvgIpc) is 3.25. The number of Topliss-reactive ketones (excluding diaryl/α,β-unsaturated/α-hetero) is 1. The van der Waals surface area contributed by atoms with Gasteiger partial charge < -0.3 is 4.90 Å². The normalized spacial score (nSPS) is 20.7. The van der Waals surface area contributed by atoms with Gasteiger partial charge in [-0.2, -0.15) is 8.68 Å². The van der Waals surface area contributed by atoms with Gasteiger partial charge in [0.2, 0.25) is 5.13 Å². The quantitative estimate of drug-likeness (QED) is 0.568. The minimum absolute atomic E-state index is 0.198. The number of ketones is 1. The van der Waals surface area contributed by atoms with Crippen LogP contribution in [-0.2, 0) is 20.2 Å². The predicted molar refractivity (Wildman–Crippen MR) is 124 cm³/mol. The molecule has 7 nitrogen and oxygen atoms in total. The molecule has 12 heteroatoms. The van der Waals surface area contributed by atoms with Gasteiger partial charge in [-0.05, 0) is 18.4 Å². The van der Waals surface area contributed by atoms with E-state index in [0.717, 1.165) is 16.5 Å². The van der Waals surface area contributed by atoms with Crippen LogP contribution in [0, 0.1) is 0 Å². The summed E-state index contributed by atoms with van der Waals surface area (Å²) >= 11 is 18.2. The SMILES string of the molecule is O=C1CCC(c2ccccc2)(c2nsc(N3CCN(S(=O)(=O)C(Cl)(Cl)Cl)CC3)n2)CC1. The predicted octanol–water partition coefficient (Wildman–Crippen LogP) is 3.75. The third-order valence-electron chi connectivity index (χ3n) is 5.97. The summed E-state index contributed by atoms with van der Waals surface area (Å²) in [6.45, 7) is 1.24. The topological polar surface area (TPSA) is 83.5 Å². The highest BCUT2D eigenvalue weighted by Crippen LogP contribution is 2.44. The maximum absolute atomic E-state index is 12.3. The van der Waals surface area contributed by atoms with E-state index in [1.165, 1.54) is 15.8 Å². The second-order valence-corrected chi connectivity index (χ2v) is 13.5. The fourth-order valence-corrected chi connectivity index (χ4v) is 6.78. The molecule has 1 aromatic carbocycles.